The van der Waals surface area contributed by atoms with E-state index in [0.29, 0.717) is 22.3 Å². The number of rotatable bonds is 7. The number of benzene rings is 3. The van der Waals surface area contributed by atoms with Crippen molar-refractivity contribution in [2.24, 2.45) is 4.99 Å². The van der Waals surface area contributed by atoms with Gasteiger partial charge in [0.25, 0.3) is 5.91 Å². The number of para-hydroxylation sites is 1. The first-order valence-electron chi connectivity index (χ1n) is 10.5. The van der Waals surface area contributed by atoms with Crippen molar-refractivity contribution in [1.82, 2.24) is 0 Å². The Bertz CT molecular complexity index is 1180. The van der Waals surface area contributed by atoms with Gasteiger partial charge >= 0.3 is 0 Å². The normalized spacial score (nSPS) is 14.3. The van der Waals surface area contributed by atoms with Crippen LogP contribution in [0.4, 0.5) is 11.4 Å². The average molecular weight is 458 g/mol. The minimum Gasteiger partial charge on any atom is -0.497 e. The fraction of sp³-hybridized carbons (Fsp3) is 0.115. The van der Waals surface area contributed by atoms with Gasteiger partial charge < -0.3 is 10.1 Å². The molecule has 6 nitrogen and oxygen atoms in total. The van der Waals surface area contributed by atoms with E-state index in [0.717, 1.165) is 17.0 Å². The number of carbonyl (C=O) groups excluding carboxylic acids is 2. The lowest BCUT2D eigenvalue weighted by atomic mass is 10.2. The van der Waals surface area contributed by atoms with Gasteiger partial charge in [0.05, 0.1) is 12.8 Å². The molecule has 1 heterocycles. The first-order valence-corrected chi connectivity index (χ1v) is 11.4. The van der Waals surface area contributed by atoms with Gasteiger partial charge in [0.2, 0.25) is 5.91 Å². The lowest BCUT2D eigenvalue weighted by Crippen LogP contribution is -2.30. The molecule has 2 amide bonds. The lowest BCUT2D eigenvalue weighted by molar-refractivity contribution is -0.116. The SMILES string of the molecule is COc1ccc(NC(=O)CCSC2=N/C(=C/c3ccccc3)C(=O)N2c2ccccc2)cc1. The number of hydrogen-bond donors (Lipinski definition) is 1. The van der Waals surface area contributed by atoms with Crippen LogP contribution in [-0.2, 0) is 9.59 Å². The van der Waals surface area contributed by atoms with Crippen molar-refractivity contribution < 1.29 is 14.3 Å². The smallest absolute Gasteiger partial charge is 0.283 e. The molecule has 166 valence electrons. The van der Waals surface area contributed by atoms with Gasteiger partial charge in [-0.1, -0.05) is 60.3 Å². The monoisotopic (exact) mass is 457 g/mol. The van der Waals surface area contributed by atoms with Crippen LogP contribution in [0.3, 0.4) is 0 Å². The Morgan fingerprint density at radius 3 is 2.33 bits per heavy atom. The summed E-state index contributed by atoms with van der Waals surface area (Å²) < 4.78 is 5.13. The number of methoxy groups -OCH3 is 1. The van der Waals surface area contributed by atoms with Crippen LogP contribution in [0.15, 0.2) is 95.6 Å². The Morgan fingerprint density at radius 2 is 1.67 bits per heavy atom. The number of amidine groups is 1. The summed E-state index contributed by atoms with van der Waals surface area (Å²) in [6, 6.07) is 26.2. The molecule has 1 aliphatic heterocycles. The van der Waals surface area contributed by atoms with Crippen molar-refractivity contribution in [1.29, 1.82) is 0 Å². The zero-order valence-corrected chi connectivity index (χ0v) is 18.9. The van der Waals surface area contributed by atoms with Gasteiger partial charge in [0.1, 0.15) is 11.4 Å². The molecule has 0 unspecified atom stereocenters. The Morgan fingerprint density at radius 1 is 1.00 bits per heavy atom. The van der Waals surface area contributed by atoms with Crippen molar-refractivity contribution in [3.8, 4) is 5.75 Å². The van der Waals surface area contributed by atoms with Crippen molar-refractivity contribution >= 4 is 46.2 Å². The molecule has 1 aliphatic rings. The van der Waals surface area contributed by atoms with Gasteiger partial charge in [-0.2, -0.15) is 0 Å². The van der Waals surface area contributed by atoms with Crippen LogP contribution in [0.25, 0.3) is 6.08 Å². The van der Waals surface area contributed by atoms with Gasteiger partial charge in [-0.15, -0.1) is 0 Å². The third-order valence-corrected chi connectivity index (χ3v) is 5.82. The van der Waals surface area contributed by atoms with Gasteiger partial charge in [0.15, 0.2) is 5.17 Å². The summed E-state index contributed by atoms with van der Waals surface area (Å²) in [7, 11) is 1.60. The zero-order chi connectivity index (χ0) is 23.0. The second-order valence-corrected chi connectivity index (χ2v) is 8.25. The topological polar surface area (TPSA) is 71.0 Å². The zero-order valence-electron chi connectivity index (χ0n) is 18.1. The molecule has 0 atom stereocenters. The predicted molar refractivity (Wildman–Crippen MR) is 134 cm³/mol. The fourth-order valence-electron chi connectivity index (χ4n) is 3.24. The molecule has 33 heavy (non-hydrogen) atoms. The van der Waals surface area contributed by atoms with Crippen LogP contribution in [0, 0.1) is 0 Å². The van der Waals surface area contributed by atoms with E-state index in [4.69, 9.17) is 4.74 Å². The van der Waals surface area contributed by atoms with Crippen molar-refractivity contribution in [3.63, 3.8) is 0 Å². The standard InChI is InChI=1S/C26H23N3O3S/c1-32-22-14-12-20(13-15-22)27-24(30)16-17-33-26-28-23(18-19-8-4-2-5-9-19)25(31)29(26)21-10-6-3-7-11-21/h2-15,18H,16-17H2,1H3,(H,27,30)/b23-18+. The number of nitrogens with one attached hydrogen (secondary N) is 1. The van der Waals surface area contributed by atoms with Crippen LogP contribution in [0.5, 0.6) is 5.75 Å². The number of anilines is 2. The number of carbonyl (C=O) groups is 2. The maximum absolute atomic E-state index is 13.2. The van der Waals surface area contributed by atoms with Crippen molar-refractivity contribution in [2.75, 3.05) is 23.1 Å². The Labute approximate surface area is 197 Å². The molecule has 3 aromatic rings. The van der Waals surface area contributed by atoms with Crippen molar-refractivity contribution in [3.05, 3.63) is 96.2 Å². The summed E-state index contributed by atoms with van der Waals surface area (Å²) in [5, 5.41) is 3.43. The maximum atomic E-state index is 13.2. The molecule has 4 rings (SSSR count). The quantitative estimate of drug-likeness (QED) is 0.495. The third kappa shape index (κ3) is 5.70. The second-order valence-electron chi connectivity index (χ2n) is 7.19. The van der Waals surface area contributed by atoms with Gasteiger partial charge in [-0.05, 0) is 48.0 Å². The minimum atomic E-state index is -0.185. The van der Waals surface area contributed by atoms with Crippen molar-refractivity contribution in [2.45, 2.75) is 6.42 Å². The van der Waals surface area contributed by atoms with E-state index < -0.39 is 0 Å². The highest BCUT2D eigenvalue weighted by molar-refractivity contribution is 8.14. The van der Waals surface area contributed by atoms with Crippen LogP contribution in [0.1, 0.15) is 12.0 Å². The van der Waals surface area contributed by atoms with E-state index in [1.165, 1.54) is 11.8 Å². The van der Waals surface area contributed by atoms with E-state index in [1.807, 2.05) is 60.7 Å². The van der Waals surface area contributed by atoms with E-state index in [9.17, 15) is 9.59 Å². The average Bonchev–Trinajstić information content (AvgIpc) is 3.15. The molecule has 0 saturated carbocycles. The molecule has 0 bridgehead atoms. The number of nitrogens with zero attached hydrogens (tertiary/aromatic N) is 2. The lowest BCUT2D eigenvalue weighted by Gasteiger charge is -2.17. The number of hydrogen-bond acceptors (Lipinski definition) is 5. The largest absolute Gasteiger partial charge is 0.497 e. The molecule has 3 aromatic carbocycles. The van der Waals surface area contributed by atoms with Gasteiger partial charge in [0, 0.05) is 17.9 Å². The molecule has 0 radical (unpaired) electrons. The molecule has 1 N–H and O–H groups in total. The maximum Gasteiger partial charge on any atom is 0.283 e. The Balaban J connectivity index is 1.44. The summed E-state index contributed by atoms with van der Waals surface area (Å²) in [6.07, 6.45) is 2.06. The van der Waals surface area contributed by atoms with E-state index >= 15 is 0 Å². The van der Waals surface area contributed by atoms with Crippen LogP contribution in [-0.4, -0.2) is 29.8 Å². The molecule has 7 heteroatoms. The molecular formula is C26H23N3O3S. The summed E-state index contributed by atoms with van der Waals surface area (Å²) in [6.45, 7) is 0. The molecule has 0 aromatic heterocycles. The van der Waals surface area contributed by atoms with E-state index in [2.05, 4.69) is 10.3 Å². The Kier molecular flexibility index (Phi) is 7.22. The molecule has 0 spiro atoms. The first kappa shape index (κ1) is 22.4. The highest BCUT2D eigenvalue weighted by Crippen LogP contribution is 2.29. The van der Waals surface area contributed by atoms with Crippen LogP contribution in [0.2, 0.25) is 0 Å². The van der Waals surface area contributed by atoms with Crippen LogP contribution < -0.4 is 15.0 Å². The summed E-state index contributed by atoms with van der Waals surface area (Å²) >= 11 is 1.38. The summed E-state index contributed by atoms with van der Waals surface area (Å²) in [4.78, 5) is 31.7. The Hall–Kier alpha value is -3.84. The minimum absolute atomic E-state index is 0.107. The fourth-order valence-corrected chi connectivity index (χ4v) is 4.19. The molecule has 0 fully saturated rings. The van der Waals surface area contributed by atoms with Gasteiger partial charge in [-0.25, -0.2) is 4.99 Å². The van der Waals surface area contributed by atoms with E-state index in [1.54, 1.807) is 42.4 Å². The summed E-state index contributed by atoms with van der Waals surface area (Å²) in [5.41, 5.74) is 2.73. The number of aliphatic imine (C=N–C) groups is 1. The third-order valence-electron chi connectivity index (χ3n) is 4.88. The molecular weight excluding hydrogens is 434 g/mol. The first-order chi connectivity index (χ1) is 16.1. The van der Waals surface area contributed by atoms with E-state index in [-0.39, 0.29) is 18.2 Å². The predicted octanol–water partition coefficient (Wildman–Crippen LogP) is 5.20. The number of ether oxygens (including phenoxy) is 1. The van der Waals surface area contributed by atoms with Crippen LogP contribution >= 0.6 is 11.8 Å². The highest BCUT2D eigenvalue weighted by atomic mass is 32.2. The van der Waals surface area contributed by atoms with Gasteiger partial charge in [-0.3, -0.25) is 14.5 Å². The second kappa shape index (κ2) is 10.7. The molecule has 0 saturated heterocycles. The highest BCUT2D eigenvalue weighted by Gasteiger charge is 2.31. The summed E-state index contributed by atoms with van der Waals surface area (Å²) in [5.74, 6) is 0.919. The number of thioether (sulfide) groups is 1. The number of amides is 2. The molecule has 0 aliphatic carbocycles.